The van der Waals surface area contributed by atoms with Crippen molar-refractivity contribution in [3.63, 3.8) is 0 Å². The van der Waals surface area contributed by atoms with Crippen molar-refractivity contribution in [2.24, 2.45) is 20.0 Å². The molecule has 0 N–H and O–H groups in total. The summed E-state index contributed by atoms with van der Waals surface area (Å²) < 4.78 is 23.3. The number of carbonyl (C=O) groups is 4. The van der Waals surface area contributed by atoms with Crippen molar-refractivity contribution in [2.75, 3.05) is 0 Å². The van der Waals surface area contributed by atoms with Gasteiger partial charge in [-0.1, -0.05) is 231 Å². The Morgan fingerprint density at radius 1 is 0.213 bits per heavy atom. The quantitative estimate of drug-likeness (QED) is 0.0645. The topological polar surface area (TPSA) is 155 Å². The Labute approximate surface area is 541 Å². The summed E-state index contributed by atoms with van der Waals surface area (Å²) in [6, 6.07) is 99.5. The molecule has 12 aromatic carbocycles. The van der Waals surface area contributed by atoms with E-state index in [4.69, 9.17) is 38.9 Å². The van der Waals surface area contributed by atoms with Gasteiger partial charge in [-0.15, -0.1) is 0 Å². The lowest BCUT2D eigenvalue weighted by molar-refractivity contribution is 0.0725. The van der Waals surface area contributed by atoms with Crippen molar-refractivity contribution >= 4 is 46.7 Å². The van der Waals surface area contributed by atoms with Gasteiger partial charge in [-0.05, 0) is 119 Å². The number of hydrogen-bond acceptors (Lipinski definition) is 12. The van der Waals surface area contributed by atoms with Crippen molar-refractivity contribution in [2.45, 2.75) is 11.3 Å². The lowest BCUT2D eigenvalue weighted by Crippen LogP contribution is -2.44. The Balaban J connectivity index is 1.04. The predicted octanol–water partition coefficient (Wildman–Crippen LogP) is 16.9. The largest absolute Gasteiger partial charge is 0.423 e. The summed E-state index contributed by atoms with van der Waals surface area (Å²) in [4.78, 5) is 79.9. The number of benzene rings is 12. The Kier molecular flexibility index (Phi) is 16.3. The van der Waals surface area contributed by atoms with Crippen molar-refractivity contribution in [3.8, 4) is 45.3 Å². The Morgan fingerprint density at radius 2 is 0.415 bits per heavy atom. The second-order valence-corrected chi connectivity index (χ2v) is 22.1. The van der Waals surface area contributed by atoms with Crippen molar-refractivity contribution in [1.29, 1.82) is 0 Å². The number of hydrogen-bond donors (Lipinski definition) is 0. The number of ether oxygens (including phenoxy) is 4. The van der Waals surface area contributed by atoms with Gasteiger partial charge < -0.3 is 18.9 Å². The molecule has 0 saturated heterocycles. The highest BCUT2D eigenvalue weighted by molar-refractivity contribution is 6.56. The van der Waals surface area contributed by atoms with Crippen molar-refractivity contribution in [3.05, 3.63) is 383 Å². The van der Waals surface area contributed by atoms with Gasteiger partial charge in [-0.3, -0.25) is 0 Å². The molecule has 0 radical (unpaired) electrons. The average Bonchev–Trinajstić information content (AvgIpc) is 1.50. The highest BCUT2D eigenvalue weighted by Crippen LogP contribution is 2.58. The van der Waals surface area contributed by atoms with E-state index in [-0.39, 0.29) is 22.3 Å². The molecule has 0 atom stereocenters. The number of nitrogens with zero attached hydrogens (tertiary/aromatic N) is 4. The summed E-state index contributed by atoms with van der Waals surface area (Å²) in [5.74, 6) is -0.659. The smallest absolute Gasteiger partial charge is 0.343 e. The number of aliphatic imine (C=N–C) groups is 4. The highest BCUT2D eigenvalue weighted by atomic mass is 16.5. The minimum absolute atomic E-state index is 0.290. The first-order valence-electron chi connectivity index (χ1n) is 30.4. The van der Waals surface area contributed by atoms with Crippen molar-refractivity contribution < 1.29 is 38.1 Å². The van der Waals surface area contributed by atoms with Gasteiger partial charge in [-0.25, -0.2) is 39.1 Å². The van der Waals surface area contributed by atoms with Crippen LogP contribution in [0.4, 0.5) is 0 Å². The van der Waals surface area contributed by atoms with E-state index >= 15 is 0 Å². The molecule has 12 aromatic rings. The van der Waals surface area contributed by atoms with E-state index in [2.05, 4.69) is 0 Å². The molecule has 0 bridgehead atoms. The molecule has 12 nitrogen and oxygen atoms in total. The van der Waals surface area contributed by atoms with Crippen LogP contribution < -0.4 is 18.9 Å². The molecule has 450 valence electrons. The fraction of sp³-hybridized carbons (Fsp3) is 0.0244. The van der Waals surface area contributed by atoms with Gasteiger partial charge in [0.25, 0.3) is 0 Å². The summed E-state index contributed by atoms with van der Waals surface area (Å²) in [5, 5.41) is 0. The molecule has 0 unspecified atom stereocenters. The molecule has 0 amide bonds. The molecule has 0 aromatic heterocycles. The average molecular weight is 1220 g/mol. The summed E-state index contributed by atoms with van der Waals surface area (Å²) in [5.41, 5.74) is 5.76. The van der Waals surface area contributed by atoms with Crippen molar-refractivity contribution in [1.82, 2.24) is 0 Å². The Hall–Kier alpha value is -12.8. The normalized spacial score (nSPS) is 13.5. The first kappa shape index (κ1) is 58.9. The molecular formula is C82H54N4O8. The SMILES string of the molecule is O=C(Oc1ccccc1)c1ccc(C2=NC(c3ccccc3-c3ccccc3)(C3(c4ccccc4-c4ccccc4)N=C(c4ccc(C(=O)Oc5ccccc5)cc4)C(c4ccc(C(=O)Oc5ccccc5)cc4)=N3)N=C2c2ccc(C(=O)Oc3ccccc3)cc2)cc1. The number of para-hydroxylation sites is 4. The molecule has 0 spiro atoms. The van der Waals surface area contributed by atoms with Gasteiger partial charge in [0.15, 0.2) is 0 Å². The van der Waals surface area contributed by atoms with Crippen LogP contribution in [0.5, 0.6) is 23.0 Å². The second kappa shape index (κ2) is 26.0. The van der Waals surface area contributed by atoms with Gasteiger partial charge >= 0.3 is 23.9 Å². The van der Waals surface area contributed by atoms with Crippen LogP contribution in [0, 0.1) is 0 Å². The Bertz CT molecular complexity index is 4370. The van der Waals surface area contributed by atoms with E-state index in [0.29, 0.717) is 79.2 Å². The van der Waals surface area contributed by atoms with Crippen LogP contribution in [0.1, 0.15) is 74.8 Å². The number of carbonyl (C=O) groups excluding carboxylic acids is 4. The molecule has 0 fully saturated rings. The van der Waals surface area contributed by atoms with Crippen LogP contribution >= 0.6 is 0 Å². The summed E-state index contributed by atoms with van der Waals surface area (Å²) >= 11 is 0. The second-order valence-electron chi connectivity index (χ2n) is 22.1. The van der Waals surface area contributed by atoms with E-state index in [1.165, 1.54) is 0 Å². The lowest BCUT2D eigenvalue weighted by atomic mass is 9.77. The van der Waals surface area contributed by atoms with E-state index in [1.807, 2.05) is 182 Å². The van der Waals surface area contributed by atoms with Gasteiger partial charge in [0, 0.05) is 33.4 Å². The molecule has 2 heterocycles. The minimum Gasteiger partial charge on any atom is -0.423 e. The predicted molar refractivity (Wildman–Crippen MR) is 365 cm³/mol. The summed E-state index contributed by atoms with van der Waals surface area (Å²) in [6.45, 7) is 0. The lowest BCUT2D eigenvalue weighted by Gasteiger charge is -2.40. The van der Waals surface area contributed by atoms with Gasteiger partial charge in [0.05, 0.1) is 45.1 Å². The van der Waals surface area contributed by atoms with E-state index in [0.717, 1.165) is 22.3 Å². The minimum atomic E-state index is -1.92. The maximum absolute atomic E-state index is 13.9. The molecular weight excluding hydrogens is 1170 g/mol. The monoisotopic (exact) mass is 1220 g/mol. The standard InChI is InChI=1S/C82H54N4O8/c87-77(91-65-27-11-3-12-28-65)61-47-39-57(40-48-61)73-74(58-41-49-62(50-42-58)78(88)92-66-29-13-4-14-30-66)84-81(83-73,71-37-21-19-35-69(71)55-23-7-1-8-24-55)82(72-38-22-20-36-70(72)56-25-9-2-10-26-56)85-75(59-43-51-63(52-44-59)79(89)93-67-31-15-5-16-32-67)76(86-82)60-45-53-64(54-46-60)80(90)94-68-33-17-6-18-34-68/h1-54H. The van der Waals surface area contributed by atoms with E-state index in [1.54, 1.807) is 146 Å². The maximum atomic E-state index is 13.9. The molecule has 2 aliphatic rings. The molecule has 12 heteroatoms. The van der Waals surface area contributed by atoms with Gasteiger partial charge in [-0.2, -0.15) is 0 Å². The van der Waals surface area contributed by atoms with Crippen LogP contribution in [-0.2, 0) is 11.3 Å². The molecule has 0 saturated carbocycles. The fourth-order valence-electron chi connectivity index (χ4n) is 11.6. The molecule has 94 heavy (non-hydrogen) atoms. The zero-order chi connectivity index (χ0) is 63.9. The molecule has 0 aliphatic carbocycles. The first-order chi connectivity index (χ1) is 46.2. The van der Waals surface area contributed by atoms with Gasteiger partial charge in [0.1, 0.15) is 23.0 Å². The van der Waals surface area contributed by atoms with E-state index in [9.17, 15) is 19.2 Å². The van der Waals surface area contributed by atoms with Crippen LogP contribution in [0.2, 0.25) is 0 Å². The third kappa shape index (κ3) is 11.8. The van der Waals surface area contributed by atoms with Gasteiger partial charge in [0.2, 0.25) is 11.3 Å². The van der Waals surface area contributed by atoms with Crippen LogP contribution in [0.25, 0.3) is 22.3 Å². The third-order valence-corrected chi connectivity index (χ3v) is 16.2. The highest BCUT2D eigenvalue weighted by Gasteiger charge is 2.62. The number of esters is 4. The summed E-state index contributed by atoms with van der Waals surface area (Å²) in [6.07, 6.45) is 0. The molecule has 14 rings (SSSR count). The third-order valence-electron chi connectivity index (χ3n) is 16.2. The van der Waals surface area contributed by atoms with Crippen LogP contribution in [0.15, 0.2) is 348 Å². The zero-order valence-electron chi connectivity index (χ0n) is 50.2. The zero-order valence-corrected chi connectivity index (χ0v) is 50.2. The fourth-order valence-corrected chi connectivity index (χ4v) is 11.6. The Morgan fingerprint density at radius 3 is 0.649 bits per heavy atom. The van der Waals surface area contributed by atoms with Crippen LogP contribution in [0.3, 0.4) is 0 Å². The maximum Gasteiger partial charge on any atom is 0.343 e. The van der Waals surface area contributed by atoms with E-state index < -0.39 is 35.2 Å². The molecule has 2 aliphatic heterocycles. The first-order valence-corrected chi connectivity index (χ1v) is 30.4. The summed E-state index contributed by atoms with van der Waals surface area (Å²) in [7, 11) is 0. The number of rotatable bonds is 17. The van der Waals surface area contributed by atoms with Crippen LogP contribution in [-0.4, -0.2) is 46.7 Å².